The van der Waals surface area contributed by atoms with E-state index in [-0.39, 0.29) is 30.8 Å². The molecule has 0 radical (unpaired) electrons. The summed E-state index contributed by atoms with van der Waals surface area (Å²) in [5.74, 6) is -0.511. The average molecular weight is 386 g/mol. The van der Waals surface area contributed by atoms with Crippen LogP contribution in [0.5, 0.6) is 0 Å². The molecule has 1 aliphatic heterocycles. The molecule has 2 amide bonds. The molecule has 1 rings (SSSR count). The fourth-order valence-corrected chi connectivity index (χ4v) is 2.86. The van der Waals surface area contributed by atoms with E-state index in [4.69, 9.17) is 4.84 Å². The normalized spacial score (nSPS) is 19.4. The van der Waals surface area contributed by atoms with E-state index in [2.05, 4.69) is 50.2 Å². The Morgan fingerprint density at radius 1 is 1.50 bits per heavy atom. The maximum atomic E-state index is 12.4. The molecule has 8 heteroatoms. The van der Waals surface area contributed by atoms with Gasteiger partial charge in [-0.3, -0.25) is 19.3 Å². The van der Waals surface area contributed by atoms with Gasteiger partial charge in [0.15, 0.2) is 11.9 Å². The van der Waals surface area contributed by atoms with Gasteiger partial charge in [-0.25, -0.2) is 4.84 Å². The lowest BCUT2D eigenvalue weighted by Gasteiger charge is -2.34. The molecule has 1 aliphatic rings. The molecule has 0 bridgehead atoms. The summed E-state index contributed by atoms with van der Waals surface area (Å²) in [5, 5.41) is 2.83. The van der Waals surface area contributed by atoms with Crippen LogP contribution in [0.2, 0.25) is 0 Å². The van der Waals surface area contributed by atoms with Crippen LogP contribution < -0.4 is 5.32 Å². The Morgan fingerprint density at radius 3 is 2.62 bits per heavy atom. The van der Waals surface area contributed by atoms with Gasteiger partial charge in [0.1, 0.15) is 5.37 Å². The molecule has 1 fully saturated rings. The van der Waals surface area contributed by atoms with Crippen LogP contribution >= 0.6 is 12.6 Å². The van der Waals surface area contributed by atoms with Crippen LogP contribution in [0.3, 0.4) is 0 Å². The summed E-state index contributed by atoms with van der Waals surface area (Å²) >= 11 is 4.34. The van der Waals surface area contributed by atoms with Crippen molar-refractivity contribution < 1.29 is 19.2 Å². The highest BCUT2D eigenvalue weighted by Gasteiger charge is 2.40. The molecule has 1 saturated heterocycles. The summed E-state index contributed by atoms with van der Waals surface area (Å²) in [4.78, 5) is 43.5. The molecule has 7 nitrogen and oxygen atoms in total. The average Bonchev–Trinajstić information content (AvgIpc) is 2.92. The second kappa shape index (κ2) is 10.1. The molecule has 0 aromatic carbocycles. The number of hydroxylamine groups is 2. The number of amides is 2. The quantitative estimate of drug-likeness (QED) is 0.323. The zero-order valence-corrected chi connectivity index (χ0v) is 17.1. The Bertz CT molecular complexity index is 527. The molecule has 0 aromatic heterocycles. The lowest BCUT2D eigenvalue weighted by atomic mass is 10.1. The van der Waals surface area contributed by atoms with Crippen molar-refractivity contribution in [3.05, 3.63) is 12.3 Å². The van der Waals surface area contributed by atoms with Crippen LogP contribution in [-0.2, 0) is 19.2 Å². The number of carbonyl (C=O) groups is 3. The number of hydrogen-bond acceptors (Lipinski definition) is 6. The highest BCUT2D eigenvalue weighted by molar-refractivity contribution is 7.81. The van der Waals surface area contributed by atoms with E-state index in [9.17, 15) is 14.4 Å². The minimum Gasteiger partial charge on any atom is -0.340 e. The fourth-order valence-electron chi connectivity index (χ4n) is 2.61. The molecule has 0 saturated carbocycles. The van der Waals surface area contributed by atoms with Gasteiger partial charge in [-0.05, 0) is 39.7 Å². The molecule has 148 valence electrons. The van der Waals surface area contributed by atoms with Crippen LogP contribution in [-0.4, -0.2) is 58.2 Å². The van der Waals surface area contributed by atoms with Gasteiger partial charge in [0.25, 0.3) is 5.91 Å². The molecule has 0 spiro atoms. The summed E-state index contributed by atoms with van der Waals surface area (Å²) in [6.45, 7) is 12.5. The molecule has 1 heterocycles. The van der Waals surface area contributed by atoms with Crippen molar-refractivity contribution in [2.75, 3.05) is 13.1 Å². The first-order valence-corrected chi connectivity index (χ1v) is 9.57. The predicted molar refractivity (Wildman–Crippen MR) is 103 cm³/mol. The van der Waals surface area contributed by atoms with Gasteiger partial charge >= 0.3 is 0 Å². The van der Waals surface area contributed by atoms with E-state index in [1.165, 1.54) is 6.92 Å². The first-order chi connectivity index (χ1) is 12.2. The Kier molecular flexibility index (Phi) is 8.79. The van der Waals surface area contributed by atoms with Gasteiger partial charge in [0.2, 0.25) is 5.91 Å². The van der Waals surface area contributed by atoms with E-state index in [1.54, 1.807) is 0 Å². The van der Waals surface area contributed by atoms with Crippen molar-refractivity contribution in [3.63, 3.8) is 0 Å². The Morgan fingerprint density at radius 2 is 2.15 bits per heavy atom. The van der Waals surface area contributed by atoms with Gasteiger partial charge in [-0.1, -0.05) is 20.4 Å². The third kappa shape index (κ3) is 5.82. The molecule has 0 aromatic rings. The highest BCUT2D eigenvalue weighted by atomic mass is 32.1. The second-order valence-corrected chi connectivity index (χ2v) is 7.36. The summed E-state index contributed by atoms with van der Waals surface area (Å²) < 4.78 is 0. The molecule has 1 N–H and O–H groups in total. The van der Waals surface area contributed by atoms with Crippen LogP contribution in [0.15, 0.2) is 12.3 Å². The molecular weight excluding hydrogens is 354 g/mol. The zero-order chi connectivity index (χ0) is 19.9. The number of hydrogen-bond donors (Lipinski definition) is 2. The van der Waals surface area contributed by atoms with Crippen LogP contribution in [0.1, 0.15) is 53.4 Å². The Hall–Kier alpha value is -1.38. The smallest absolute Gasteiger partial charge is 0.250 e. The minimum atomic E-state index is -1.49. The third-order valence-electron chi connectivity index (χ3n) is 4.58. The monoisotopic (exact) mass is 385 g/mol. The van der Waals surface area contributed by atoms with E-state index >= 15 is 0 Å². The number of thiol groups is 1. The standard InChI is InChI=1S/C18H31N3O4S/c1-6-10-20(13(3)7-2)11-15(23)19-17(26)18(5,12-22)25-21-14(4)8-9-16(21)24/h12-13,17,26H,4,6-11H2,1-3,5H3,(H,19,23). The molecule has 3 atom stereocenters. The summed E-state index contributed by atoms with van der Waals surface area (Å²) in [6, 6.07) is 0.276. The number of rotatable bonds is 11. The van der Waals surface area contributed by atoms with Crippen molar-refractivity contribution in [2.45, 2.75) is 70.4 Å². The third-order valence-corrected chi connectivity index (χ3v) is 5.22. The van der Waals surface area contributed by atoms with Crippen molar-refractivity contribution in [3.8, 4) is 0 Å². The minimum absolute atomic E-state index is 0.212. The summed E-state index contributed by atoms with van der Waals surface area (Å²) in [5.41, 5.74) is -1.01. The van der Waals surface area contributed by atoms with Crippen LogP contribution in [0, 0.1) is 0 Å². The van der Waals surface area contributed by atoms with Gasteiger partial charge < -0.3 is 5.32 Å². The van der Waals surface area contributed by atoms with Gasteiger partial charge in [-0.2, -0.15) is 17.7 Å². The molecule has 0 aliphatic carbocycles. The number of nitrogens with one attached hydrogen (secondary N) is 1. The van der Waals surface area contributed by atoms with Crippen LogP contribution in [0.25, 0.3) is 0 Å². The maximum absolute atomic E-state index is 12.4. The van der Waals surface area contributed by atoms with E-state index in [0.29, 0.717) is 18.4 Å². The highest BCUT2D eigenvalue weighted by Crippen LogP contribution is 2.27. The first-order valence-electron chi connectivity index (χ1n) is 9.06. The van der Waals surface area contributed by atoms with Crippen molar-refractivity contribution >= 4 is 30.7 Å². The van der Waals surface area contributed by atoms with Crippen molar-refractivity contribution in [1.29, 1.82) is 0 Å². The van der Waals surface area contributed by atoms with Gasteiger partial charge in [0.05, 0.1) is 6.54 Å². The molecule has 3 unspecified atom stereocenters. The van der Waals surface area contributed by atoms with E-state index in [1.807, 2.05) is 0 Å². The fraction of sp³-hybridized carbons (Fsp3) is 0.722. The molecule has 26 heavy (non-hydrogen) atoms. The predicted octanol–water partition coefficient (Wildman–Crippen LogP) is 1.89. The van der Waals surface area contributed by atoms with E-state index in [0.717, 1.165) is 24.4 Å². The Labute approximate surface area is 161 Å². The van der Waals surface area contributed by atoms with E-state index < -0.39 is 11.0 Å². The summed E-state index contributed by atoms with van der Waals surface area (Å²) in [6.07, 6.45) is 3.20. The first kappa shape index (κ1) is 22.7. The zero-order valence-electron chi connectivity index (χ0n) is 16.2. The largest absolute Gasteiger partial charge is 0.340 e. The van der Waals surface area contributed by atoms with Crippen LogP contribution in [0.4, 0.5) is 0 Å². The lowest BCUT2D eigenvalue weighted by molar-refractivity contribution is -0.210. The number of carbonyl (C=O) groups excluding carboxylic acids is 3. The SMILES string of the molecule is C=C1CCC(=O)N1OC(C)(C=O)C(S)NC(=O)CN(CCC)C(C)CC. The molecular formula is C18H31N3O4S. The number of aldehydes is 1. The maximum Gasteiger partial charge on any atom is 0.250 e. The topological polar surface area (TPSA) is 79.0 Å². The number of nitrogens with zero attached hydrogens (tertiary/aromatic N) is 2. The lowest BCUT2D eigenvalue weighted by Crippen LogP contribution is -2.55. The van der Waals surface area contributed by atoms with Crippen molar-refractivity contribution in [1.82, 2.24) is 15.3 Å². The Balaban J connectivity index is 2.73. The van der Waals surface area contributed by atoms with Gasteiger partial charge in [-0.15, -0.1) is 0 Å². The second-order valence-electron chi connectivity index (χ2n) is 6.85. The van der Waals surface area contributed by atoms with Gasteiger partial charge in [0, 0.05) is 18.2 Å². The number of allylic oxidation sites excluding steroid dienone is 1. The summed E-state index contributed by atoms with van der Waals surface area (Å²) in [7, 11) is 0. The van der Waals surface area contributed by atoms with Crippen molar-refractivity contribution in [2.24, 2.45) is 0 Å².